The highest BCUT2D eigenvalue weighted by molar-refractivity contribution is 5.41. The van der Waals surface area contributed by atoms with E-state index in [1.807, 2.05) is 0 Å². The molecule has 0 fully saturated rings. The third kappa shape index (κ3) is 1.56. The third-order valence-electron chi connectivity index (χ3n) is 2.03. The lowest BCUT2D eigenvalue weighted by molar-refractivity contribution is 1.23. The molecule has 11 heavy (non-hydrogen) atoms. The van der Waals surface area contributed by atoms with Gasteiger partial charge in [-0.3, -0.25) is 0 Å². The summed E-state index contributed by atoms with van der Waals surface area (Å²) in [7, 11) is 0. The monoisotopic (exact) mass is 147 g/mol. The molecule has 0 aliphatic carbocycles. The zero-order valence-corrected chi connectivity index (χ0v) is 7.73. The van der Waals surface area contributed by atoms with Crippen molar-refractivity contribution in [1.82, 2.24) is 0 Å². The van der Waals surface area contributed by atoms with Gasteiger partial charge in [0.2, 0.25) is 0 Å². The molecule has 0 nitrogen and oxygen atoms in total. The first-order chi connectivity index (χ1) is 5.15. The SMILES string of the molecule is C[CH+]c1c(C)cc(C)cc1C. The zero-order valence-electron chi connectivity index (χ0n) is 7.73. The van der Waals surface area contributed by atoms with Crippen LogP contribution in [0.2, 0.25) is 0 Å². The molecule has 0 bridgehead atoms. The van der Waals surface area contributed by atoms with Crippen LogP contribution in [-0.2, 0) is 0 Å². The first-order valence-corrected chi connectivity index (χ1v) is 4.02. The number of hydrogen-bond acceptors (Lipinski definition) is 0. The molecule has 0 heterocycles. The summed E-state index contributed by atoms with van der Waals surface area (Å²) < 4.78 is 0. The molecule has 0 aliphatic rings. The van der Waals surface area contributed by atoms with Crippen molar-refractivity contribution >= 4 is 0 Å². The van der Waals surface area contributed by atoms with E-state index in [4.69, 9.17) is 0 Å². The Labute approximate surface area is 69.3 Å². The van der Waals surface area contributed by atoms with E-state index in [-0.39, 0.29) is 0 Å². The van der Waals surface area contributed by atoms with E-state index in [9.17, 15) is 0 Å². The highest BCUT2D eigenvalue weighted by Crippen LogP contribution is 2.17. The fourth-order valence-corrected chi connectivity index (χ4v) is 1.65. The summed E-state index contributed by atoms with van der Waals surface area (Å²) in [5, 5.41) is 0. The third-order valence-corrected chi connectivity index (χ3v) is 2.03. The summed E-state index contributed by atoms with van der Waals surface area (Å²) in [6.07, 6.45) is 2.17. The standard InChI is InChI=1S/C11H15/c1-5-11-9(3)6-8(2)7-10(11)4/h5-7H,1-4H3/q+1. The summed E-state index contributed by atoms with van der Waals surface area (Å²) in [5.41, 5.74) is 5.50. The van der Waals surface area contributed by atoms with E-state index >= 15 is 0 Å². The van der Waals surface area contributed by atoms with E-state index < -0.39 is 0 Å². The Hall–Kier alpha value is -0.910. The lowest BCUT2D eigenvalue weighted by Gasteiger charge is -1.98. The Morgan fingerprint density at radius 3 is 1.82 bits per heavy atom. The van der Waals surface area contributed by atoms with Crippen molar-refractivity contribution in [2.24, 2.45) is 0 Å². The summed E-state index contributed by atoms with van der Waals surface area (Å²) in [6.45, 7) is 8.55. The second kappa shape index (κ2) is 3.00. The molecule has 0 amide bonds. The quantitative estimate of drug-likeness (QED) is 0.535. The largest absolute Gasteiger partial charge is 0.134 e. The van der Waals surface area contributed by atoms with E-state index in [0.29, 0.717) is 0 Å². The van der Waals surface area contributed by atoms with E-state index in [1.165, 1.54) is 22.3 Å². The molecule has 0 N–H and O–H groups in total. The van der Waals surface area contributed by atoms with Gasteiger partial charge in [-0.15, -0.1) is 0 Å². The maximum absolute atomic E-state index is 2.22. The molecule has 1 aromatic rings. The lowest BCUT2D eigenvalue weighted by Crippen LogP contribution is -1.90. The zero-order chi connectivity index (χ0) is 8.43. The average molecular weight is 147 g/mol. The highest BCUT2D eigenvalue weighted by atomic mass is 14.0. The Kier molecular flexibility index (Phi) is 2.23. The molecular formula is C11H15+. The van der Waals surface area contributed by atoms with Crippen molar-refractivity contribution in [3.05, 3.63) is 40.8 Å². The van der Waals surface area contributed by atoms with Crippen LogP contribution in [0.3, 0.4) is 0 Å². The van der Waals surface area contributed by atoms with Crippen LogP contribution in [-0.4, -0.2) is 0 Å². The van der Waals surface area contributed by atoms with Crippen molar-refractivity contribution < 1.29 is 0 Å². The summed E-state index contributed by atoms with van der Waals surface area (Å²) in [6, 6.07) is 4.45. The maximum atomic E-state index is 2.22. The van der Waals surface area contributed by atoms with Crippen LogP contribution < -0.4 is 0 Å². The van der Waals surface area contributed by atoms with Gasteiger partial charge in [0.25, 0.3) is 0 Å². The van der Waals surface area contributed by atoms with Crippen LogP contribution in [0.1, 0.15) is 29.2 Å². The van der Waals surface area contributed by atoms with Gasteiger partial charge in [0.05, 0.1) is 11.1 Å². The van der Waals surface area contributed by atoms with Crippen LogP contribution in [0.4, 0.5) is 0 Å². The van der Waals surface area contributed by atoms with E-state index in [0.717, 1.165) is 0 Å². The van der Waals surface area contributed by atoms with Gasteiger partial charge >= 0.3 is 0 Å². The molecule has 0 aliphatic heterocycles. The minimum absolute atomic E-state index is 1.35. The molecule has 0 unspecified atom stereocenters. The van der Waals surface area contributed by atoms with Gasteiger partial charge < -0.3 is 0 Å². The molecule has 1 rings (SSSR count). The predicted molar refractivity (Wildman–Crippen MR) is 49.7 cm³/mol. The summed E-state index contributed by atoms with van der Waals surface area (Å²) >= 11 is 0. The Morgan fingerprint density at radius 2 is 1.45 bits per heavy atom. The average Bonchev–Trinajstić information content (AvgIpc) is 1.85. The fraction of sp³-hybridized carbons (Fsp3) is 0.364. The first kappa shape index (κ1) is 8.19. The van der Waals surface area contributed by atoms with E-state index in [1.54, 1.807) is 0 Å². The molecule has 0 aromatic heterocycles. The Balaban J connectivity index is 3.25. The van der Waals surface area contributed by atoms with Crippen molar-refractivity contribution in [3.8, 4) is 0 Å². The second-order valence-corrected chi connectivity index (χ2v) is 3.10. The van der Waals surface area contributed by atoms with Crippen molar-refractivity contribution in [2.75, 3.05) is 0 Å². The summed E-state index contributed by atoms with van der Waals surface area (Å²) in [5.74, 6) is 0. The number of hydrogen-bond donors (Lipinski definition) is 0. The first-order valence-electron chi connectivity index (χ1n) is 4.02. The van der Waals surface area contributed by atoms with Gasteiger partial charge in [0.15, 0.2) is 0 Å². The molecular weight excluding hydrogens is 132 g/mol. The predicted octanol–water partition coefficient (Wildman–Crippen LogP) is 3.18. The van der Waals surface area contributed by atoms with Crippen LogP contribution in [0.15, 0.2) is 12.1 Å². The number of aryl methyl sites for hydroxylation is 3. The molecule has 0 atom stereocenters. The minimum atomic E-state index is 1.35. The number of benzene rings is 1. The lowest BCUT2D eigenvalue weighted by atomic mass is 9.98. The van der Waals surface area contributed by atoms with Gasteiger partial charge in [0, 0.05) is 39.3 Å². The van der Waals surface area contributed by atoms with Crippen molar-refractivity contribution in [2.45, 2.75) is 27.7 Å². The molecule has 58 valence electrons. The van der Waals surface area contributed by atoms with Gasteiger partial charge in [-0.05, 0) is 12.5 Å². The molecule has 0 heteroatoms. The van der Waals surface area contributed by atoms with Gasteiger partial charge in [0.1, 0.15) is 5.56 Å². The highest BCUT2D eigenvalue weighted by Gasteiger charge is 2.09. The normalized spacial score (nSPS) is 9.82. The van der Waals surface area contributed by atoms with Crippen LogP contribution in [0, 0.1) is 27.2 Å². The van der Waals surface area contributed by atoms with Crippen LogP contribution >= 0.6 is 0 Å². The van der Waals surface area contributed by atoms with Gasteiger partial charge in [-0.2, -0.15) is 0 Å². The van der Waals surface area contributed by atoms with Crippen molar-refractivity contribution in [3.63, 3.8) is 0 Å². The van der Waals surface area contributed by atoms with Crippen LogP contribution in [0.5, 0.6) is 0 Å². The van der Waals surface area contributed by atoms with Crippen molar-refractivity contribution in [1.29, 1.82) is 0 Å². The Morgan fingerprint density at radius 1 is 1.00 bits per heavy atom. The summed E-state index contributed by atoms with van der Waals surface area (Å²) in [4.78, 5) is 0. The molecule has 0 saturated carbocycles. The fourth-order valence-electron chi connectivity index (χ4n) is 1.65. The molecule has 0 radical (unpaired) electrons. The smallest absolute Gasteiger partial charge is 0.0374 e. The number of rotatable bonds is 1. The molecule has 1 aromatic carbocycles. The maximum Gasteiger partial charge on any atom is 0.134 e. The second-order valence-electron chi connectivity index (χ2n) is 3.10. The van der Waals surface area contributed by atoms with Gasteiger partial charge in [-0.1, -0.05) is 0 Å². The van der Waals surface area contributed by atoms with E-state index in [2.05, 4.69) is 46.2 Å². The van der Waals surface area contributed by atoms with Gasteiger partial charge in [-0.25, -0.2) is 0 Å². The minimum Gasteiger partial charge on any atom is -0.0374 e. The molecule has 0 spiro atoms. The van der Waals surface area contributed by atoms with Crippen LogP contribution in [0.25, 0.3) is 0 Å². The molecule has 0 saturated heterocycles. The Bertz CT molecular complexity index is 236. The topological polar surface area (TPSA) is 0 Å².